The van der Waals surface area contributed by atoms with Crippen LogP contribution in [-0.2, 0) is 16.1 Å². The van der Waals surface area contributed by atoms with Gasteiger partial charge in [0, 0.05) is 4.47 Å². The van der Waals surface area contributed by atoms with E-state index in [2.05, 4.69) is 15.9 Å². The summed E-state index contributed by atoms with van der Waals surface area (Å²) < 4.78 is 5.81. The predicted octanol–water partition coefficient (Wildman–Crippen LogP) is 2.73. The van der Waals surface area contributed by atoms with Crippen LogP contribution in [0.4, 0.5) is 0 Å². The number of esters is 1. The Labute approximate surface area is 90.0 Å². The number of rotatable bonds is 3. The van der Waals surface area contributed by atoms with Crippen LogP contribution in [0.3, 0.4) is 0 Å². The fourth-order valence-corrected chi connectivity index (χ4v) is 1.35. The molecule has 0 spiro atoms. The highest BCUT2D eigenvalue weighted by Crippen LogP contribution is 2.12. The summed E-state index contributed by atoms with van der Waals surface area (Å²) in [6.07, 6.45) is 0. The first-order chi connectivity index (χ1) is 6.22. The Morgan fingerprint density at radius 1 is 1.54 bits per heavy atom. The molecule has 4 heteroatoms. The molecule has 0 aliphatic carbocycles. The SMILES string of the molecule is O=C(CCl)OCc1cccc(Br)c1. The van der Waals surface area contributed by atoms with E-state index in [1.165, 1.54) is 0 Å². The van der Waals surface area contributed by atoms with Crippen LogP contribution >= 0.6 is 27.5 Å². The Hall–Kier alpha value is -0.540. The van der Waals surface area contributed by atoms with Gasteiger partial charge in [-0.1, -0.05) is 28.1 Å². The minimum absolute atomic E-state index is 0.103. The molecule has 1 rings (SSSR count). The lowest BCUT2D eigenvalue weighted by Gasteiger charge is -2.02. The molecule has 0 aromatic heterocycles. The minimum Gasteiger partial charge on any atom is -0.460 e. The molecule has 2 nitrogen and oxygen atoms in total. The molecule has 0 bridgehead atoms. The van der Waals surface area contributed by atoms with Crippen molar-refractivity contribution in [3.05, 3.63) is 34.3 Å². The molecule has 0 atom stereocenters. The van der Waals surface area contributed by atoms with Gasteiger partial charge in [0.15, 0.2) is 0 Å². The lowest BCUT2D eigenvalue weighted by molar-refractivity contribution is -0.141. The Morgan fingerprint density at radius 2 is 2.31 bits per heavy atom. The number of carbonyl (C=O) groups is 1. The molecule has 0 saturated carbocycles. The molecule has 1 aromatic carbocycles. The van der Waals surface area contributed by atoms with E-state index in [9.17, 15) is 4.79 Å². The second-order valence-corrected chi connectivity index (χ2v) is 3.61. The zero-order chi connectivity index (χ0) is 9.68. The number of ether oxygens (including phenoxy) is 1. The summed E-state index contributed by atoms with van der Waals surface area (Å²) in [6.45, 7) is 0.269. The standard InChI is InChI=1S/C9H8BrClO2/c10-8-3-1-2-7(4-8)6-13-9(12)5-11/h1-4H,5-6H2. The monoisotopic (exact) mass is 262 g/mol. The zero-order valence-electron chi connectivity index (χ0n) is 6.80. The van der Waals surface area contributed by atoms with Gasteiger partial charge in [0.2, 0.25) is 0 Å². The van der Waals surface area contributed by atoms with Crippen LogP contribution in [0.15, 0.2) is 28.7 Å². The second kappa shape index (κ2) is 5.25. The average molecular weight is 264 g/mol. The molecule has 1 aromatic rings. The maximum atomic E-state index is 10.7. The van der Waals surface area contributed by atoms with Crippen molar-refractivity contribution in [1.82, 2.24) is 0 Å². The first kappa shape index (κ1) is 10.5. The topological polar surface area (TPSA) is 26.3 Å². The van der Waals surface area contributed by atoms with Gasteiger partial charge >= 0.3 is 5.97 Å². The van der Waals surface area contributed by atoms with Crippen molar-refractivity contribution in [3.63, 3.8) is 0 Å². The summed E-state index contributed by atoms with van der Waals surface area (Å²) in [5, 5.41) is 0. The Balaban J connectivity index is 2.50. The third kappa shape index (κ3) is 3.79. The van der Waals surface area contributed by atoms with E-state index in [1.54, 1.807) is 0 Å². The van der Waals surface area contributed by atoms with Crippen LogP contribution in [-0.4, -0.2) is 11.8 Å². The maximum absolute atomic E-state index is 10.7. The van der Waals surface area contributed by atoms with Gasteiger partial charge in [-0.15, -0.1) is 11.6 Å². The molecule has 0 saturated heterocycles. The van der Waals surface area contributed by atoms with Gasteiger partial charge < -0.3 is 4.74 Å². The molecular formula is C9H8BrClO2. The van der Waals surface area contributed by atoms with E-state index < -0.39 is 5.97 Å². The minimum atomic E-state index is -0.401. The molecule has 0 fully saturated rings. The summed E-state index contributed by atoms with van der Waals surface area (Å²) in [5.74, 6) is -0.504. The molecule has 0 amide bonds. The summed E-state index contributed by atoms with van der Waals surface area (Å²) in [5.41, 5.74) is 0.938. The summed E-state index contributed by atoms with van der Waals surface area (Å²) >= 11 is 8.59. The largest absolute Gasteiger partial charge is 0.460 e. The van der Waals surface area contributed by atoms with E-state index in [-0.39, 0.29) is 12.5 Å². The van der Waals surface area contributed by atoms with Crippen molar-refractivity contribution in [1.29, 1.82) is 0 Å². The van der Waals surface area contributed by atoms with Gasteiger partial charge in [-0.2, -0.15) is 0 Å². The second-order valence-electron chi connectivity index (χ2n) is 2.42. The van der Waals surface area contributed by atoms with Crippen LogP contribution in [0.25, 0.3) is 0 Å². The quantitative estimate of drug-likeness (QED) is 0.619. The van der Waals surface area contributed by atoms with Gasteiger partial charge in [0.1, 0.15) is 12.5 Å². The van der Waals surface area contributed by atoms with E-state index in [4.69, 9.17) is 16.3 Å². The molecule has 0 aliphatic rings. The van der Waals surface area contributed by atoms with Gasteiger partial charge in [-0.25, -0.2) is 0 Å². The Kier molecular flexibility index (Phi) is 4.25. The van der Waals surface area contributed by atoms with E-state index >= 15 is 0 Å². The highest BCUT2D eigenvalue weighted by atomic mass is 79.9. The van der Waals surface area contributed by atoms with Crippen LogP contribution in [0.2, 0.25) is 0 Å². The molecule has 0 N–H and O–H groups in total. The van der Waals surface area contributed by atoms with Gasteiger partial charge in [-0.05, 0) is 17.7 Å². The van der Waals surface area contributed by atoms with Crippen molar-refractivity contribution in [2.45, 2.75) is 6.61 Å². The summed E-state index contributed by atoms with van der Waals surface area (Å²) in [4.78, 5) is 10.7. The lowest BCUT2D eigenvalue weighted by atomic mass is 10.2. The van der Waals surface area contributed by atoms with Crippen molar-refractivity contribution in [2.24, 2.45) is 0 Å². The normalized spacial score (nSPS) is 9.69. The van der Waals surface area contributed by atoms with Crippen molar-refractivity contribution in [3.8, 4) is 0 Å². The average Bonchev–Trinajstić information content (AvgIpc) is 2.14. The first-order valence-corrected chi connectivity index (χ1v) is 5.01. The lowest BCUT2D eigenvalue weighted by Crippen LogP contribution is -2.05. The molecule has 13 heavy (non-hydrogen) atoms. The van der Waals surface area contributed by atoms with Crippen LogP contribution in [0.5, 0.6) is 0 Å². The smallest absolute Gasteiger partial charge is 0.321 e. The van der Waals surface area contributed by atoms with E-state index in [0.717, 1.165) is 10.0 Å². The third-order valence-corrected chi connectivity index (χ3v) is 2.11. The molecular weight excluding hydrogens is 255 g/mol. The van der Waals surface area contributed by atoms with Crippen molar-refractivity contribution < 1.29 is 9.53 Å². The fraction of sp³-hybridized carbons (Fsp3) is 0.222. The van der Waals surface area contributed by atoms with Crippen LogP contribution in [0, 0.1) is 0 Å². The van der Waals surface area contributed by atoms with Crippen molar-refractivity contribution >= 4 is 33.5 Å². The summed E-state index contributed by atoms with van der Waals surface area (Å²) in [6, 6.07) is 7.56. The van der Waals surface area contributed by atoms with Crippen LogP contribution < -0.4 is 0 Å². The van der Waals surface area contributed by atoms with Gasteiger partial charge in [-0.3, -0.25) is 4.79 Å². The molecule has 0 heterocycles. The number of hydrogen-bond donors (Lipinski definition) is 0. The number of alkyl halides is 1. The van der Waals surface area contributed by atoms with Crippen LogP contribution in [0.1, 0.15) is 5.56 Å². The molecule has 0 unspecified atom stereocenters. The Bertz CT molecular complexity index is 301. The molecule has 70 valence electrons. The highest BCUT2D eigenvalue weighted by Gasteiger charge is 2.00. The highest BCUT2D eigenvalue weighted by molar-refractivity contribution is 9.10. The first-order valence-electron chi connectivity index (χ1n) is 3.68. The zero-order valence-corrected chi connectivity index (χ0v) is 9.14. The third-order valence-electron chi connectivity index (χ3n) is 1.40. The van der Waals surface area contributed by atoms with E-state index in [1.807, 2.05) is 24.3 Å². The number of benzene rings is 1. The predicted molar refractivity (Wildman–Crippen MR) is 54.7 cm³/mol. The van der Waals surface area contributed by atoms with E-state index in [0.29, 0.717) is 0 Å². The fourth-order valence-electron chi connectivity index (χ4n) is 0.829. The van der Waals surface area contributed by atoms with Gasteiger partial charge in [0.05, 0.1) is 0 Å². The molecule has 0 radical (unpaired) electrons. The summed E-state index contributed by atoms with van der Waals surface area (Å²) in [7, 11) is 0. The number of carbonyl (C=O) groups excluding carboxylic acids is 1. The number of halogens is 2. The Morgan fingerprint density at radius 3 is 2.92 bits per heavy atom. The van der Waals surface area contributed by atoms with Crippen molar-refractivity contribution in [2.75, 3.05) is 5.88 Å². The van der Waals surface area contributed by atoms with Gasteiger partial charge in [0.25, 0.3) is 0 Å². The maximum Gasteiger partial charge on any atom is 0.321 e. The number of hydrogen-bond acceptors (Lipinski definition) is 2. The molecule has 0 aliphatic heterocycles.